The maximum Gasteiger partial charge on any atom is 0.329 e. The molecule has 0 saturated carbocycles. The topological polar surface area (TPSA) is 88.7 Å². The summed E-state index contributed by atoms with van der Waals surface area (Å²) in [7, 11) is 0. The van der Waals surface area contributed by atoms with Gasteiger partial charge < -0.3 is 8.94 Å². The Labute approximate surface area is 66.4 Å². The van der Waals surface area contributed by atoms with Gasteiger partial charge in [-0.3, -0.25) is 0 Å². The molecule has 58 valence electrons. The molecule has 12 heavy (non-hydrogen) atoms. The summed E-state index contributed by atoms with van der Waals surface area (Å²) in [5, 5.41) is 11.8. The molecule has 0 bridgehead atoms. The van der Waals surface area contributed by atoms with Crippen LogP contribution in [-0.4, -0.2) is 15.1 Å². The van der Waals surface area contributed by atoms with E-state index in [1.165, 1.54) is 12.5 Å². The zero-order chi connectivity index (χ0) is 8.39. The molecular formula is C6H2N4O2. The number of aromatic nitrogens is 3. The van der Waals surface area contributed by atoms with E-state index in [4.69, 9.17) is 9.68 Å². The Hall–Kier alpha value is -2.16. The van der Waals surface area contributed by atoms with Gasteiger partial charge in [0.1, 0.15) is 6.26 Å². The molecule has 0 unspecified atom stereocenters. The number of nitriles is 1. The van der Waals surface area contributed by atoms with Crippen LogP contribution in [0.2, 0.25) is 0 Å². The zero-order valence-corrected chi connectivity index (χ0v) is 5.76. The van der Waals surface area contributed by atoms with Crippen molar-refractivity contribution >= 4 is 0 Å². The Bertz CT molecular complexity index is 411. The predicted octanol–water partition coefficient (Wildman–Crippen LogP) is 0.596. The molecule has 0 aromatic carbocycles. The summed E-state index contributed by atoms with van der Waals surface area (Å²) >= 11 is 0. The van der Waals surface area contributed by atoms with Crippen molar-refractivity contribution in [1.82, 2.24) is 15.1 Å². The minimum atomic E-state index is -0.108. The molecule has 0 spiro atoms. The van der Waals surface area contributed by atoms with Gasteiger partial charge in [-0.2, -0.15) is 10.2 Å². The third kappa shape index (κ3) is 0.932. The van der Waals surface area contributed by atoms with Crippen molar-refractivity contribution in [2.45, 2.75) is 0 Å². The molecule has 0 amide bonds. The van der Waals surface area contributed by atoms with Gasteiger partial charge in [0, 0.05) is 0 Å². The van der Waals surface area contributed by atoms with Gasteiger partial charge in [0.25, 0.3) is 11.7 Å². The Morgan fingerprint density at radius 3 is 3.00 bits per heavy atom. The van der Waals surface area contributed by atoms with Gasteiger partial charge in [-0.25, -0.2) is 4.98 Å². The highest BCUT2D eigenvalue weighted by molar-refractivity contribution is 5.38. The first-order chi connectivity index (χ1) is 5.90. The van der Waals surface area contributed by atoms with Gasteiger partial charge in [0.2, 0.25) is 0 Å². The molecule has 0 aliphatic heterocycles. The summed E-state index contributed by atoms with van der Waals surface area (Å²) in [5.41, 5.74) is 0. The van der Waals surface area contributed by atoms with E-state index in [1.807, 2.05) is 0 Å². The maximum atomic E-state index is 8.35. The lowest BCUT2D eigenvalue weighted by atomic mass is 10.6. The standard InChI is InChI=1S/C6H2N4O2/c7-3-4-9-5(10-12-4)6-8-1-2-11-6/h1-2H. The molecule has 0 aliphatic rings. The number of rotatable bonds is 1. The third-order valence-electron chi connectivity index (χ3n) is 1.15. The highest BCUT2D eigenvalue weighted by Gasteiger charge is 2.10. The molecule has 2 heterocycles. The Morgan fingerprint density at radius 1 is 1.50 bits per heavy atom. The predicted molar refractivity (Wildman–Crippen MR) is 34.5 cm³/mol. The second-order valence-corrected chi connectivity index (χ2v) is 1.87. The third-order valence-corrected chi connectivity index (χ3v) is 1.15. The highest BCUT2D eigenvalue weighted by atomic mass is 16.5. The minimum absolute atomic E-state index is 0.108. The molecular weight excluding hydrogens is 160 g/mol. The molecule has 0 atom stereocenters. The van der Waals surface area contributed by atoms with Gasteiger partial charge in [0.15, 0.2) is 6.07 Å². The van der Waals surface area contributed by atoms with Crippen LogP contribution in [0.1, 0.15) is 5.89 Å². The second-order valence-electron chi connectivity index (χ2n) is 1.87. The van der Waals surface area contributed by atoms with Gasteiger partial charge in [-0.15, -0.1) is 0 Å². The first kappa shape index (κ1) is 6.54. The van der Waals surface area contributed by atoms with E-state index in [1.54, 1.807) is 6.07 Å². The van der Waals surface area contributed by atoms with Gasteiger partial charge in [0.05, 0.1) is 6.20 Å². The molecule has 6 nitrogen and oxygen atoms in total. The van der Waals surface area contributed by atoms with E-state index in [0.717, 1.165) is 0 Å². The van der Waals surface area contributed by atoms with Crippen molar-refractivity contribution in [1.29, 1.82) is 5.26 Å². The number of oxazole rings is 1. The monoisotopic (exact) mass is 162 g/mol. The average molecular weight is 162 g/mol. The fraction of sp³-hybridized carbons (Fsp3) is 0. The molecule has 2 aromatic rings. The Kier molecular flexibility index (Phi) is 1.35. The van der Waals surface area contributed by atoms with Crippen LogP contribution in [0.15, 0.2) is 21.4 Å². The number of hydrogen-bond donors (Lipinski definition) is 0. The molecule has 0 N–H and O–H groups in total. The highest BCUT2D eigenvalue weighted by Crippen LogP contribution is 2.11. The van der Waals surface area contributed by atoms with E-state index < -0.39 is 0 Å². The summed E-state index contributed by atoms with van der Waals surface area (Å²) in [5.74, 6) is 0.306. The molecule has 0 aliphatic carbocycles. The Morgan fingerprint density at radius 2 is 2.42 bits per heavy atom. The molecule has 2 aromatic heterocycles. The molecule has 0 saturated heterocycles. The fourth-order valence-electron chi connectivity index (χ4n) is 0.690. The van der Waals surface area contributed by atoms with Crippen LogP contribution in [-0.2, 0) is 0 Å². The first-order valence-corrected chi connectivity index (χ1v) is 3.04. The van der Waals surface area contributed by atoms with Crippen molar-refractivity contribution in [3.63, 3.8) is 0 Å². The fourth-order valence-corrected chi connectivity index (χ4v) is 0.690. The van der Waals surface area contributed by atoms with Crippen LogP contribution in [0.3, 0.4) is 0 Å². The minimum Gasteiger partial charge on any atom is -0.442 e. The normalized spacial score (nSPS) is 9.58. The zero-order valence-electron chi connectivity index (χ0n) is 5.76. The van der Waals surface area contributed by atoms with E-state index in [9.17, 15) is 0 Å². The lowest BCUT2D eigenvalue weighted by molar-refractivity contribution is 0.406. The summed E-state index contributed by atoms with van der Waals surface area (Å²) in [4.78, 5) is 7.45. The van der Waals surface area contributed by atoms with Gasteiger partial charge in [-0.05, 0) is 0 Å². The van der Waals surface area contributed by atoms with E-state index in [2.05, 4.69) is 19.6 Å². The maximum absolute atomic E-state index is 8.35. The summed E-state index contributed by atoms with van der Waals surface area (Å²) in [6.45, 7) is 0. The van der Waals surface area contributed by atoms with Crippen LogP contribution in [0.5, 0.6) is 0 Å². The van der Waals surface area contributed by atoms with Gasteiger partial charge in [-0.1, -0.05) is 5.16 Å². The first-order valence-electron chi connectivity index (χ1n) is 3.04. The lowest BCUT2D eigenvalue weighted by Gasteiger charge is -1.78. The quantitative estimate of drug-likeness (QED) is 0.609. The van der Waals surface area contributed by atoms with Crippen molar-refractivity contribution < 1.29 is 8.94 Å². The lowest BCUT2D eigenvalue weighted by Crippen LogP contribution is -1.79. The molecule has 0 radical (unpaired) electrons. The SMILES string of the molecule is N#Cc1nc(-c2ncco2)no1. The van der Waals surface area contributed by atoms with Crippen LogP contribution < -0.4 is 0 Å². The van der Waals surface area contributed by atoms with Crippen LogP contribution in [0.25, 0.3) is 11.7 Å². The van der Waals surface area contributed by atoms with Crippen LogP contribution in [0.4, 0.5) is 0 Å². The summed E-state index contributed by atoms with van der Waals surface area (Å²) < 4.78 is 9.39. The van der Waals surface area contributed by atoms with Gasteiger partial charge >= 0.3 is 5.89 Å². The van der Waals surface area contributed by atoms with E-state index >= 15 is 0 Å². The summed E-state index contributed by atoms with van der Waals surface area (Å²) in [6.07, 6.45) is 2.84. The average Bonchev–Trinajstić information content (AvgIpc) is 2.75. The van der Waals surface area contributed by atoms with Crippen molar-refractivity contribution in [3.05, 3.63) is 18.4 Å². The second kappa shape index (κ2) is 2.47. The molecule has 2 rings (SSSR count). The largest absolute Gasteiger partial charge is 0.442 e. The Balaban J connectivity index is 2.44. The van der Waals surface area contributed by atoms with Crippen molar-refractivity contribution in [2.75, 3.05) is 0 Å². The van der Waals surface area contributed by atoms with E-state index in [0.29, 0.717) is 0 Å². The molecule has 0 fully saturated rings. The summed E-state index contributed by atoms with van der Waals surface area (Å²) in [6, 6.07) is 1.70. The number of hydrogen-bond acceptors (Lipinski definition) is 6. The van der Waals surface area contributed by atoms with E-state index in [-0.39, 0.29) is 17.6 Å². The smallest absolute Gasteiger partial charge is 0.329 e. The van der Waals surface area contributed by atoms with Crippen molar-refractivity contribution in [3.8, 4) is 17.8 Å². The van der Waals surface area contributed by atoms with Crippen LogP contribution >= 0.6 is 0 Å². The van der Waals surface area contributed by atoms with Crippen molar-refractivity contribution in [2.24, 2.45) is 0 Å². The van der Waals surface area contributed by atoms with Crippen LogP contribution in [0, 0.1) is 11.3 Å². The number of nitrogens with zero attached hydrogens (tertiary/aromatic N) is 4. The molecule has 6 heteroatoms.